The molecule has 7 heteroatoms. The van der Waals surface area contributed by atoms with E-state index in [2.05, 4.69) is 27.1 Å². The van der Waals surface area contributed by atoms with Crippen molar-refractivity contribution in [3.05, 3.63) is 30.1 Å². The first kappa shape index (κ1) is 12.0. The Balaban J connectivity index is 2.06. The third-order valence-corrected chi connectivity index (χ3v) is 3.26. The fraction of sp³-hybridized carbons (Fsp3) is 0.400. The van der Waals surface area contributed by atoms with Gasteiger partial charge in [0.1, 0.15) is 5.82 Å². The summed E-state index contributed by atoms with van der Waals surface area (Å²) < 4.78 is 2.01. The molecule has 0 unspecified atom stereocenters. The zero-order valence-corrected chi connectivity index (χ0v) is 10.4. The van der Waals surface area contributed by atoms with E-state index in [1.54, 1.807) is 30.4 Å². The van der Waals surface area contributed by atoms with E-state index in [-0.39, 0.29) is 0 Å². The van der Waals surface area contributed by atoms with Gasteiger partial charge >= 0.3 is 0 Å². The molecule has 2 heterocycles. The summed E-state index contributed by atoms with van der Waals surface area (Å²) in [6.45, 7) is 3.28. The minimum atomic E-state index is 0.409. The summed E-state index contributed by atoms with van der Waals surface area (Å²) in [5.74, 6) is 1.55. The molecule has 0 aliphatic heterocycles. The van der Waals surface area contributed by atoms with E-state index in [0.29, 0.717) is 6.54 Å². The van der Waals surface area contributed by atoms with Crippen molar-refractivity contribution < 1.29 is 0 Å². The van der Waals surface area contributed by atoms with Gasteiger partial charge in [-0.25, -0.2) is 0 Å². The second-order valence-electron chi connectivity index (χ2n) is 3.33. The molecule has 0 spiro atoms. The van der Waals surface area contributed by atoms with Gasteiger partial charge in [-0.3, -0.25) is 9.97 Å². The molecule has 0 saturated heterocycles. The van der Waals surface area contributed by atoms with Crippen molar-refractivity contribution in [3.8, 4) is 0 Å². The maximum absolute atomic E-state index is 5.59. The van der Waals surface area contributed by atoms with Crippen LogP contribution in [0.25, 0.3) is 0 Å². The highest BCUT2D eigenvalue weighted by molar-refractivity contribution is 7.98. The van der Waals surface area contributed by atoms with Crippen LogP contribution < -0.4 is 5.73 Å². The van der Waals surface area contributed by atoms with Crippen molar-refractivity contribution >= 4 is 11.8 Å². The molecule has 17 heavy (non-hydrogen) atoms. The SMILES string of the molecule is CCn1c(CN)nnc1SCc1cnccn1. The van der Waals surface area contributed by atoms with Gasteiger partial charge in [0.2, 0.25) is 0 Å². The van der Waals surface area contributed by atoms with Gasteiger partial charge in [-0.2, -0.15) is 0 Å². The first-order valence-electron chi connectivity index (χ1n) is 5.35. The molecule has 0 atom stereocenters. The zero-order valence-electron chi connectivity index (χ0n) is 9.58. The number of aromatic nitrogens is 5. The Hall–Kier alpha value is -1.47. The third-order valence-electron chi connectivity index (χ3n) is 2.26. The summed E-state index contributed by atoms with van der Waals surface area (Å²) in [7, 11) is 0. The lowest BCUT2D eigenvalue weighted by Crippen LogP contribution is -2.08. The van der Waals surface area contributed by atoms with E-state index in [9.17, 15) is 0 Å². The lowest BCUT2D eigenvalue weighted by molar-refractivity contribution is 0.643. The molecule has 0 aromatic carbocycles. The summed E-state index contributed by atoms with van der Waals surface area (Å²) >= 11 is 1.59. The third kappa shape index (κ3) is 2.80. The summed E-state index contributed by atoms with van der Waals surface area (Å²) in [6.07, 6.45) is 5.10. The molecule has 2 rings (SSSR count). The van der Waals surface area contributed by atoms with E-state index in [1.165, 1.54) is 0 Å². The first-order chi connectivity index (χ1) is 8.35. The van der Waals surface area contributed by atoms with Crippen LogP contribution in [-0.4, -0.2) is 24.7 Å². The van der Waals surface area contributed by atoms with Gasteiger partial charge < -0.3 is 10.3 Å². The molecule has 0 amide bonds. The molecule has 2 aromatic heterocycles. The second-order valence-corrected chi connectivity index (χ2v) is 4.28. The van der Waals surface area contributed by atoms with Crippen molar-refractivity contribution in [2.75, 3.05) is 0 Å². The van der Waals surface area contributed by atoms with Crippen molar-refractivity contribution in [2.24, 2.45) is 5.73 Å². The molecule has 0 radical (unpaired) electrons. The highest BCUT2D eigenvalue weighted by atomic mass is 32.2. The predicted octanol–water partition coefficient (Wildman–Crippen LogP) is 0.839. The van der Waals surface area contributed by atoms with Gasteiger partial charge in [0, 0.05) is 30.9 Å². The highest BCUT2D eigenvalue weighted by Crippen LogP contribution is 2.20. The smallest absolute Gasteiger partial charge is 0.191 e. The van der Waals surface area contributed by atoms with E-state index in [4.69, 9.17) is 5.73 Å². The van der Waals surface area contributed by atoms with Crippen molar-refractivity contribution in [2.45, 2.75) is 30.9 Å². The summed E-state index contributed by atoms with van der Waals surface area (Å²) in [5.41, 5.74) is 6.52. The van der Waals surface area contributed by atoms with Gasteiger partial charge in [-0.1, -0.05) is 11.8 Å². The van der Waals surface area contributed by atoms with E-state index < -0.39 is 0 Å². The van der Waals surface area contributed by atoms with Gasteiger partial charge in [0.25, 0.3) is 0 Å². The number of rotatable bonds is 5. The Morgan fingerprint density at radius 3 is 2.88 bits per heavy atom. The van der Waals surface area contributed by atoms with Crippen molar-refractivity contribution in [3.63, 3.8) is 0 Å². The van der Waals surface area contributed by atoms with Crippen LogP contribution in [0.15, 0.2) is 23.7 Å². The van der Waals surface area contributed by atoms with Gasteiger partial charge in [-0.15, -0.1) is 10.2 Å². The normalized spacial score (nSPS) is 10.7. The Morgan fingerprint density at radius 2 is 2.24 bits per heavy atom. The fourth-order valence-corrected chi connectivity index (χ4v) is 2.35. The van der Waals surface area contributed by atoms with Crippen LogP contribution in [0, 0.1) is 0 Å². The standard InChI is InChI=1S/C10H14N6S/c1-2-16-9(5-11)14-15-10(16)17-7-8-6-12-3-4-13-8/h3-4,6H,2,5,7,11H2,1H3. The molecule has 0 aliphatic rings. The predicted molar refractivity (Wildman–Crippen MR) is 65.2 cm³/mol. The van der Waals surface area contributed by atoms with Crippen LogP contribution in [0.3, 0.4) is 0 Å². The topological polar surface area (TPSA) is 82.5 Å². The number of nitrogens with two attached hydrogens (primary N) is 1. The molecule has 2 N–H and O–H groups in total. The molecule has 90 valence electrons. The number of nitrogens with zero attached hydrogens (tertiary/aromatic N) is 5. The van der Waals surface area contributed by atoms with Crippen LogP contribution in [0.5, 0.6) is 0 Å². The molecule has 0 saturated carbocycles. The first-order valence-corrected chi connectivity index (χ1v) is 6.33. The minimum absolute atomic E-state index is 0.409. The van der Waals surface area contributed by atoms with Crippen LogP contribution in [-0.2, 0) is 18.8 Å². The molecule has 0 bridgehead atoms. The molecular weight excluding hydrogens is 236 g/mol. The van der Waals surface area contributed by atoms with Crippen molar-refractivity contribution in [1.82, 2.24) is 24.7 Å². The number of hydrogen-bond acceptors (Lipinski definition) is 6. The average molecular weight is 250 g/mol. The average Bonchev–Trinajstić information content (AvgIpc) is 2.79. The van der Waals surface area contributed by atoms with Crippen LogP contribution >= 0.6 is 11.8 Å². The van der Waals surface area contributed by atoms with Crippen LogP contribution in [0.2, 0.25) is 0 Å². The van der Waals surface area contributed by atoms with Crippen LogP contribution in [0.1, 0.15) is 18.4 Å². The second kappa shape index (κ2) is 5.74. The summed E-state index contributed by atoms with van der Waals surface area (Å²) in [5, 5.41) is 9.04. The van der Waals surface area contributed by atoms with E-state index >= 15 is 0 Å². The zero-order chi connectivity index (χ0) is 12.1. The molecule has 0 fully saturated rings. The van der Waals surface area contributed by atoms with Crippen molar-refractivity contribution in [1.29, 1.82) is 0 Å². The Bertz CT molecular complexity index is 469. The molecular formula is C10H14N6S. The van der Waals surface area contributed by atoms with Gasteiger partial charge in [-0.05, 0) is 6.92 Å². The Morgan fingerprint density at radius 1 is 1.35 bits per heavy atom. The minimum Gasteiger partial charge on any atom is -0.324 e. The summed E-state index contributed by atoms with van der Waals surface area (Å²) in [4.78, 5) is 8.23. The monoisotopic (exact) mass is 250 g/mol. The summed E-state index contributed by atoms with van der Waals surface area (Å²) in [6, 6.07) is 0. The highest BCUT2D eigenvalue weighted by Gasteiger charge is 2.09. The number of thioether (sulfide) groups is 1. The number of hydrogen-bond donors (Lipinski definition) is 1. The Labute approximate surface area is 104 Å². The largest absolute Gasteiger partial charge is 0.324 e. The molecule has 0 aliphatic carbocycles. The molecule has 2 aromatic rings. The van der Waals surface area contributed by atoms with E-state index in [1.807, 2.05) is 4.57 Å². The fourth-order valence-electron chi connectivity index (χ4n) is 1.44. The van der Waals surface area contributed by atoms with Crippen LogP contribution in [0.4, 0.5) is 0 Å². The van der Waals surface area contributed by atoms with Gasteiger partial charge in [0.15, 0.2) is 5.16 Å². The molecule has 6 nitrogen and oxygen atoms in total. The Kier molecular flexibility index (Phi) is 4.05. The van der Waals surface area contributed by atoms with E-state index in [0.717, 1.165) is 29.0 Å². The quantitative estimate of drug-likeness (QED) is 0.792. The lowest BCUT2D eigenvalue weighted by atomic mass is 10.5. The maximum atomic E-state index is 5.59. The lowest BCUT2D eigenvalue weighted by Gasteiger charge is -2.05. The maximum Gasteiger partial charge on any atom is 0.191 e. The van der Waals surface area contributed by atoms with Gasteiger partial charge in [0.05, 0.1) is 12.2 Å².